The van der Waals surface area contributed by atoms with Crippen molar-refractivity contribution in [2.24, 2.45) is 0 Å². The average Bonchev–Trinajstić information content (AvgIpc) is 2.58. The highest BCUT2D eigenvalue weighted by molar-refractivity contribution is 5.95. The highest BCUT2D eigenvalue weighted by atomic mass is 19.2. The fraction of sp³-hybridized carbons (Fsp3) is 0.500. The van der Waals surface area contributed by atoms with Crippen LogP contribution < -0.4 is 5.32 Å². The van der Waals surface area contributed by atoms with Gasteiger partial charge in [0.1, 0.15) is 11.4 Å². The van der Waals surface area contributed by atoms with Crippen LogP contribution in [0.2, 0.25) is 0 Å². The van der Waals surface area contributed by atoms with Crippen LogP contribution in [0.5, 0.6) is 0 Å². The number of benzene rings is 1. The van der Waals surface area contributed by atoms with Gasteiger partial charge in [0, 0.05) is 36.1 Å². The van der Waals surface area contributed by atoms with Crippen molar-refractivity contribution in [3.63, 3.8) is 0 Å². The zero-order chi connectivity index (χ0) is 19.8. The number of nitrogens with one attached hydrogen (secondary N) is 1. The van der Waals surface area contributed by atoms with Gasteiger partial charge in [-0.05, 0) is 58.2 Å². The quantitative estimate of drug-likeness (QED) is 0.829. The lowest BCUT2D eigenvalue weighted by atomic mass is 10.0. The number of piperidine rings is 1. The van der Waals surface area contributed by atoms with Gasteiger partial charge in [-0.3, -0.25) is 0 Å². The number of nitrogens with zero attached hydrogens (tertiary/aromatic N) is 2. The largest absolute Gasteiger partial charge is 0.444 e. The van der Waals surface area contributed by atoms with Crippen molar-refractivity contribution in [3.8, 4) is 0 Å². The predicted molar refractivity (Wildman–Crippen MR) is 101 cm³/mol. The number of carbonyl (C=O) groups is 1. The third-order valence-electron chi connectivity index (χ3n) is 4.55. The summed E-state index contributed by atoms with van der Waals surface area (Å²) in [5.41, 5.74) is 0.0622. The highest BCUT2D eigenvalue weighted by Crippen LogP contribution is 2.30. The molecule has 1 atom stereocenters. The Kier molecular flexibility index (Phi) is 5.22. The molecule has 3 rings (SSSR count). The zero-order valence-corrected chi connectivity index (χ0v) is 16.1. The summed E-state index contributed by atoms with van der Waals surface area (Å²) in [6.07, 6.45) is 2.79. The number of hydrogen-bond donors (Lipinski definition) is 1. The summed E-state index contributed by atoms with van der Waals surface area (Å²) in [6, 6.07) is 2.61. The average molecular weight is 377 g/mol. The number of aromatic nitrogens is 1. The molecule has 0 saturated carbocycles. The van der Waals surface area contributed by atoms with Crippen LogP contribution in [0.4, 0.5) is 19.4 Å². The molecule has 7 heteroatoms. The van der Waals surface area contributed by atoms with Crippen LogP contribution in [-0.2, 0) is 4.74 Å². The molecule has 0 spiro atoms. The number of likely N-dealkylation sites (tertiary alicyclic amines) is 1. The van der Waals surface area contributed by atoms with Gasteiger partial charge in [0.15, 0.2) is 11.6 Å². The minimum Gasteiger partial charge on any atom is -0.444 e. The molecule has 0 bridgehead atoms. The number of halogens is 2. The molecule has 1 aliphatic rings. The van der Waals surface area contributed by atoms with E-state index in [0.717, 1.165) is 12.8 Å². The molecule has 1 N–H and O–H groups in total. The smallest absolute Gasteiger partial charge is 0.410 e. The van der Waals surface area contributed by atoms with E-state index in [9.17, 15) is 13.6 Å². The van der Waals surface area contributed by atoms with E-state index in [-0.39, 0.29) is 17.5 Å². The van der Waals surface area contributed by atoms with E-state index >= 15 is 0 Å². The summed E-state index contributed by atoms with van der Waals surface area (Å²) < 4.78 is 33.3. The SMILES string of the molecule is Cc1cc(F)c(F)c2ccnc(N[C@@H]3CCCN(C(=O)OC(C)(C)C)C3)c12. The molecule has 0 aliphatic carbocycles. The van der Waals surface area contributed by atoms with Crippen molar-refractivity contribution in [3.05, 3.63) is 35.5 Å². The van der Waals surface area contributed by atoms with Crippen LogP contribution in [-0.4, -0.2) is 40.7 Å². The normalized spacial score (nSPS) is 17.9. The minimum absolute atomic E-state index is 0.0446. The van der Waals surface area contributed by atoms with Crippen molar-refractivity contribution in [1.82, 2.24) is 9.88 Å². The van der Waals surface area contributed by atoms with Gasteiger partial charge in [0.25, 0.3) is 0 Å². The van der Waals surface area contributed by atoms with Crippen LogP contribution in [0.15, 0.2) is 18.3 Å². The number of amides is 1. The second kappa shape index (κ2) is 7.29. The van der Waals surface area contributed by atoms with Crippen LogP contribution >= 0.6 is 0 Å². The van der Waals surface area contributed by atoms with Gasteiger partial charge in [0.2, 0.25) is 0 Å². The fourth-order valence-corrected chi connectivity index (χ4v) is 3.39. The molecular weight excluding hydrogens is 352 g/mol. The lowest BCUT2D eigenvalue weighted by Crippen LogP contribution is -2.47. The van der Waals surface area contributed by atoms with Crippen molar-refractivity contribution < 1.29 is 18.3 Å². The molecule has 2 aromatic rings. The van der Waals surface area contributed by atoms with Crippen molar-refractivity contribution in [1.29, 1.82) is 0 Å². The van der Waals surface area contributed by atoms with E-state index in [4.69, 9.17) is 4.74 Å². The maximum atomic E-state index is 14.2. The number of ether oxygens (including phenoxy) is 1. The summed E-state index contributed by atoms with van der Waals surface area (Å²) >= 11 is 0. The first-order valence-electron chi connectivity index (χ1n) is 9.13. The standard InChI is InChI=1S/C20H25F2N3O2/c1-12-10-15(21)17(22)14-7-8-23-18(16(12)14)24-13-6-5-9-25(11-13)19(26)27-20(2,3)4/h7-8,10,13H,5-6,9,11H2,1-4H3,(H,23,24)/t13-/m1/s1. The van der Waals surface area contributed by atoms with Crippen LogP contribution in [0.1, 0.15) is 39.2 Å². The number of hydrogen-bond acceptors (Lipinski definition) is 4. The third kappa shape index (κ3) is 4.28. The number of fused-ring (bicyclic) bond motifs is 1. The van der Waals surface area contributed by atoms with Crippen LogP contribution in [0.25, 0.3) is 10.8 Å². The molecule has 27 heavy (non-hydrogen) atoms. The number of pyridine rings is 1. The monoisotopic (exact) mass is 377 g/mol. The van der Waals surface area contributed by atoms with E-state index in [1.165, 1.54) is 18.3 Å². The summed E-state index contributed by atoms with van der Waals surface area (Å²) in [7, 11) is 0. The van der Waals surface area contributed by atoms with Crippen LogP contribution in [0, 0.1) is 18.6 Å². The molecule has 0 unspecified atom stereocenters. The molecule has 146 valence electrons. The molecule has 5 nitrogen and oxygen atoms in total. The van der Waals surface area contributed by atoms with Crippen molar-refractivity contribution in [2.45, 2.75) is 52.2 Å². The Morgan fingerprint density at radius 2 is 2.11 bits per heavy atom. The Balaban J connectivity index is 1.81. The number of anilines is 1. The molecule has 1 amide bonds. The van der Waals surface area contributed by atoms with Gasteiger partial charge >= 0.3 is 6.09 Å². The topological polar surface area (TPSA) is 54.5 Å². The van der Waals surface area contributed by atoms with E-state index in [1.807, 2.05) is 20.8 Å². The van der Waals surface area contributed by atoms with E-state index in [0.29, 0.717) is 29.9 Å². The molecule has 1 fully saturated rings. The minimum atomic E-state index is -0.875. The van der Waals surface area contributed by atoms with Gasteiger partial charge in [-0.25, -0.2) is 18.6 Å². The lowest BCUT2D eigenvalue weighted by Gasteiger charge is -2.34. The molecule has 1 aromatic carbocycles. The van der Waals surface area contributed by atoms with Gasteiger partial charge in [-0.15, -0.1) is 0 Å². The first-order chi connectivity index (χ1) is 12.7. The first kappa shape index (κ1) is 19.3. The number of carbonyl (C=O) groups excluding carboxylic acids is 1. The number of rotatable bonds is 2. The summed E-state index contributed by atoms with van der Waals surface area (Å²) in [5, 5.41) is 4.07. The Labute approximate surface area is 157 Å². The second-order valence-electron chi connectivity index (χ2n) is 7.98. The Morgan fingerprint density at radius 1 is 1.37 bits per heavy atom. The highest BCUT2D eigenvalue weighted by Gasteiger charge is 2.28. The van der Waals surface area contributed by atoms with E-state index < -0.39 is 17.2 Å². The fourth-order valence-electron chi connectivity index (χ4n) is 3.39. The first-order valence-corrected chi connectivity index (χ1v) is 9.13. The molecule has 0 radical (unpaired) electrons. The molecular formula is C20H25F2N3O2. The Bertz CT molecular complexity index is 864. The summed E-state index contributed by atoms with van der Waals surface area (Å²) in [6.45, 7) is 8.33. The van der Waals surface area contributed by atoms with E-state index in [2.05, 4.69) is 10.3 Å². The molecule has 2 heterocycles. The summed E-state index contributed by atoms with van der Waals surface area (Å²) in [5.74, 6) is -1.24. The van der Waals surface area contributed by atoms with Gasteiger partial charge in [0.05, 0.1) is 0 Å². The lowest BCUT2D eigenvalue weighted by molar-refractivity contribution is 0.0206. The molecule has 1 aliphatic heterocycles. The van der Waals surface area contributed by atoms with Crippen molar-refractivity contribution >= 4 is 22.7 Å². The number of aryl methyl sites for hydroxylation is 1. The van der Waals surface area contributed by atoms with Gasteiger partial charge in [-0.2, -0.15) is 0 Å². The van der Waals surface area contributed by atoms with Gasteiger partial charge < -0.3 is 15.0 Å². The van der Waals surface area contributed by atoms with Crippen LogP contribution in [0.3, 0.4) is 0 Å². The molecule has 1 saturated heterocycles. The second-order valence-corrected chi connectivity index (χ2v) is 7.98. The Hall–Kier alpha value is -2.44. The molecule has 1 aromatic heterocycles. The third-order valence-corrected chi connectivity index (χ3v) is 4.55. The Morgan fingerprint density at radius 3 is 2.81 bits per heavy atom. The maximum Gasteiger partial charge on any atom is 0.410 e. The zero-order valence-electron chi connectivity index (χ0n) is 16.1. The van der Waals surface area contributed by atoms with E-state index in [1.54, 1.807) is 11.8 Å². The summed E-state index contributed by atoms with van der Waals surface area (Å²) in [4.78, 5) is 18.3. The van der Waals surface area contributed by atoms with Crippen molar-refractivity contribution in [2.75, 3.05) is 18.4 Å². The maximum absolute atomic E-state index is 14.2. The predicted octanol–water partition coefficient (Wildman–Crippen LogP) is 4.63. The van der Waals surface area contributed by atoms with Gasteiger partial charge in [-0.1, -0.05) is 0 Å².